The summed E-state index contributed by atoms with van der Waals surface area (Å²) >= 11 is 1.26. The van der Waals surface area contributed by atoms with Crippen molar-refractivity contribution in [2.24, 2.45) is 0 Å². The van der Waals surface area contributed by atoms with Crippen molar-refractivity contribution in [1.29, 1.82) is 0 Å². The van der Waals surface area contributed by atoms with Gasteiger partial charge in [-0.15, -0.1) is 11.3 Å². The van der Waals surface area contributed by atoms with E-state index in [1.807, 2.05) is 0 Å². The molecule has 0 aliphatic carbocycles. The van der Waals surface area contributed by atoms with Crippen LogP contribution in [-0.4, -0.2) is 30.8 Å². The average molecular weight is 335 g/mol. The van der Waals surface area contributed by atoms with E-state index in [2.05, 4.69) is 16.0 Å². The van der Waals surface area contributed by atoms with Crippen molar-refractivity contribution in [1.82, 2.24) is 10.6 Å². The Morgan fingerprint density at radius 3 is 2.48 bits per heavy atom. The molecule has 2 aromatic rings. The number of nitrogens with one attached hydrogen (secondary N) is 3. The van der Waals surface area contributed by atoms with E-state index in [0.717, 1.165) is 0 Å². The van der Waals surface area contributed by atoms with Crippen LogP contribution in [0, 0.1) is 5.82 Å². The second-order valence-electron chi connectivity index (χ2n) is 4.50. The number of anilines is 1. The van der Waals surface area contributed by atoms with Gasteiger partial charge >= 0.3 is 0 Å². The number of rotatable bonds is 6. The van der Waals surface area contributed by atoms with Crippen LogP contribution in [-0.2, 0) is 9.59 Å². The predicted molar refractivity (Wildman–Crippen MR) is 84.7 cm³/mol. The smallest absolute Gasteiger partial charge is 0.261 e. The van der Waals surface area contributed by atoms with Gasteiger partial charge in [0.15, 0.2) is 0 Å². The SMILES string of the molecule is O=C(CNC(=O)c1cccs1)NCC(=O)Nc1cccc(F)c1. The number of hydrogen-bond acceptors (Lipinski definition) is 4. The van der Waals surface area contributed by atoms with Crippen molar-refractivity contribution in [3.63, 3.8) is 0 Å². The highest BCUT2D eigenvalue weighted by molar-refractivity contribution is 7.12. The minimum atomic E-state index is -0.496. The molecular weight excluding hydrogens is 321 g/mol. The van der Waals surface area contributed by atoms with Gasteiger partial charge in [0, 0.05) is 5.69 Å². The average Bonchev–Trinajstić information content (AvgIpc) is 3.05. The highest BCUT2D eigenvalue weighted by Crippen LogP contribution is 2.08. The van der Waals surface area contributed by atoms with E-state index in [4.69, 9.17) is 0 Å². The molecule has 0 aliphatic heterocycles. The van der Waals surface area contributed by atoms with Gasteiger partial charge in [0.25, 0.3) is 5.91 Å². The number of thiophene rings is 1. The number of benzene rings is 1. The van der Waals surface area contributed by atoms with Gasteiger partial charge in [-0.3, -0.25) is 14.4 Å². The molecule has 0 spiro atoms. The van der Waals surface area contributed by atoms with Gasteiger partial charge in [0.2, 0.25) is 11.8 Å². The third-order valence-electron chi connectivity index (χ3n) is 2.71. The minimum Gasteiger partial charge on any atom is -0.345 e. The second kappa shape index (κ2) is 8.04. The summed E-state index contributed by atoms with van der Waals surface area (Å²) < 4.78 is 13.0. The maximum atomic E-state index is 13.0. The van der Waals surface area contributed by atoms with Crippen LogP contribution in [0.15, 0.2) is 41.8 Å². The van der Waals surface area contributed by atoms with Crippen molar-refractivity contribution >= 4 is 34.7 Å². The summed E-state index contributed by atoms with van der Waals surface area (Å²) in [6.45, 7) is -0.506. The Bertz CT molecular complexity index is 704. The number of carbonyl (C=O) groups excluding carboxylic acids is 3. The number of halogens is 1. The quantitative estimate of drug-likeness (QED) is 0.745. The first-order valence-corrected chi connectivity index (χ1v) is 7.56. The van der Waals surface area contributed by atoms with Crippen LogP contribution in [0.4, 0.5) is 10.1 Å². The number of carbonyl (C=O) groups is 3. The summed E-state index contributed by atoms with van der Waals surface area (Å²) in [5.41, 5.74) is 0.301. The Kier molecular flexibility index (Phi) is 5.81. The number of amides is 3. The van der Waals surface area contributed by atoms with E-state index in [1.165, 1.54) is 35.6 Å². The standard InChI is InChI=1S/C15H14FN3O3S/c16-10-3-1-4-11(7-10)19-14(21)9-17-13(20)8-18-15(22)12-5-2-6-23-12/h1-7H,8-9H2,(H,17,20)(H,18,22)(H,19,21). The summed E-state index contributed by atoms with van der Waals surface area (Å²) in [5, 5.41) is 9.01. The van der Waals surface area contributed by atoms with E-state index in [9.17, 15) is 18.8 Å². The van der Waals surface area contributed by atoms with E-state index in [-0.39, 0.29) is 19.0 Å². The van der Waals surface area contributed by atoms with Crippen LogP contribution in [0.5, 0.6) is 0 Å². The fraction of sp³-hybridized carbons (Fsp3) is 0.133. The Hall–Kier alpha value is -2.74. The van der Waals surface area contributed by atoms with Crippen LogP contribution in [0.2, 0.25) is 0 Å². The van der Waals surface area contributed by atoms with E-state index < -0.39 is 17.6 Å². The van der Waals surface area contributed by atoms with Crippen LogP contribution < -0.4 is 16.0 Å². The van der Waals surface area contributed by atoms with E-state index in [0.29, 0.717) is 10.6 Å². The fourth-order valence-corrected chi connectivity index (χ4v) is 2.31. The first-order chi connectivity index (χ1) is 11.0. The van der Waals surface area contributed by atoms with Gasteiger partial charge < -0.3 is 16.0 Å². The third kappa shape index (κ3) is 5.51. The third-order valence-corrected chi connectivity index (χ3v) is 3.58. The molecule has 0 radical (unpaired) electrons. The molecule has 0 atom stereocenters. The maximum absolute atomic E-state index is 13.0. The van der Waals surface area contributed by atoms with Gasteiger partial charge in [0.05, 0.1) is 18.0 Å². The Morgan fingerprint density at radius 1 is 1.00 bits per heavy atom. The normalized spacial score (nSPS) is 9.96. The molecule has 3 N–H and O–H groups in total. The van der Waals surface area contributed by atoms with Gasteiger partial charge in [-0.25, -0.2) is 4.39 Å². The van der Waals surface area contributed by atoms with Crippen LogP contribution in [0.1, 0.15) is 9.67 Å². The number of hydrogen-bond donors (Lipinski definition) is 3. The molecule has 0 unspecified atom stereocenters. The second-order valence-corrected chi connectivity index (χ2v) is 5.44. The highest BCUT2D eigenvalue weighted by Gasteiger charge is 2.10. The molecule has 6 nitrogen and oxygen atoms in total. The van der Waals surface area contributed by atoms with Gasteiger partial charge in [-0.1, -0.05) is 12.1 Å². The van der Waals surface area contributed by atoms with Crippen molar-refractivity contribution in [3.05, 3.63) is 52.5 Å². The molecule has 8 heteroatoms. The largest absolute Gasteiger partial charge is 0.345 e. The first-order valence-electron chi connectivity index (χ1n) is 6.68. The van der Waals surface area contributed by atoms with Crippen molar-refractivity contribution in [2.75, 3.05) is 18.4 Å². The zero-order chi connectivity index (χ0) is 16.7. The lowest BCUT2D eigenvalue weighted by atomic mass is 10.3. The molecule has 0 bridgehead atoms. The van der Waals surface area contributed by atoms with Crippen LogP contribution in [0.3, 0.4) is 0 Å². The molecule has 1 heterocycles. The Morgan fingerprint density at radius 2 is 1.78 bits per heavy atom. The van der Waals surface area contributed by atoms with Gasteiger partial charge in [0.1, 0.15) is 5.82 Å². The Labute approximate surface area is 135 Å². The van der Waals surface area contributed by atoms with Crippen LogP contribution in [0.25, 0.3) is 0 Å². The molecule has 120 valence electrons. The van der Waals surface area contributed by atoms with E-state index >= 15 is 0 Å². The zero-order valence-corrected chi connectivity index (χ0v) is 12.8. The summed E-state index contributed by atoms with van der Waals surface area (Å²) in [4.78, 5) is 35.3. The topological polar surface area (TPSA) is 87.3 Å². The summed E-state index contributed by atoms with van der Waals surface area (Å²) in [5.74, 6) is -1.81. The van der Waals surface area contributed by atoms with Gasteiger partial charge in [-0.2, -0.15) is 0 Å². The monoisotopic (exact) mass is 335 g/mol. The molecule has 0 saturated carbocycles. The summed E-state index contributed by atoms with van der Waals surface area (Å²) in [6, 6.07) is 8.79. The molecule has 0 fully saturated rings. The van der Waals surface area contributed by atoms with Crippen molar-refractivity contribution in [2.45, 2.75) is 0 Å². The summed E-state index contributed by atoms with van der Waals surface area (Å²) in [7, 11) is 0. The van der Waals surface area contributed by atoms with Crippen LogP contribution >= 0.6 is 11.3 Å². The molecule has 1 aromatic carbocycles. The van der Waals surface area contributed by atoms with Gasteiger partial charge in [-0.05, 0) is 29.6 Å². The fourth-order valence-electron chi connectivity index (χ4n) is 1.67. The molecule has 3 amide bonds. The zero-order valence-electron chi connectivity index (χ0n) is 12.0. The first kappa shape index (κ1) is 16.6. The minimum absolute atomic E-state index is 0.232. The maximum Gasteiger partial charge on any atom is 0.261 e. The Balaban J connectivity index is 1.69. The lowest BCUT2D eigenvalue weighted by molar-refractivity contribution is -0.123. The summed E-state index contributed by atoms with van der Waals surface area (Å²) in [6.07, 6.45) is 0. The molecule has 0 saturated heterocycles. The lowest BCUT2D eigenvalue weighted by Crippen LogP contribution is -2.40. The molecule has 23 heavy (non-hydrogen) atoms. The highest BCUT2D eigenvalue weighted by atomic mass is 32.1. The lowest BCUT2D eigenvalue weighted by Gasteiger charge is -2.07. The molecule has 2 rings (SSSR count). The molecular formula is C15H14FN3O3S. The van der Waals surface area contributed by atoms with Crippen molar-refractivity contribution in [3.8, 4) is 0 Å². The molecule has 1 aromatic heterocycles. The van der Waals surface area contributed by atoms with Crippen molar-refractivity contribution < 1.29 is 18.8 Å². The molecule has 0 aliphatic rings. The van der Waals surface area contributed by atoms with E-state index in [1.54, 1.807) is 17.5 Å². The predicted octanol–water partition coefficient (Wildman–Crippen LogP) is 1.37.